The Kier molecular flexibility index (Phi) is 4.19. The first-order valence-corrected chi connectivity index (χ1v) is 6.33. The Morgan fingerprint density at radius 1 is 0.933 bits per heavy atom. The number of aliphatic hydroxyl groups is 1. The van der Waals surface area contributed by atoms with Gasteiger partial charge in [-0.2, -0.15) is 0 Å². The van der Waals surface area contributed by atoms with E-state index in [0.29, 0.717) is 6.04 Å². The summed E-state index contributed by atoms with van der Waals surface area (Å²) in [5, 5.41) is 13.7. The van der Waals surface area contributed by atoms with Crippen molar-refractivity contribution in [2.75, 3.05) is 0 Å². The van der Waals surface area contributed by atoms with Gasteiger partial charge in [0.05, 0.1) is 5.60 Å². The minimum absolute atomic E-state index is 0.206. The first-order chi connectivity index (χ1) is 6.83. The van der Waals surface area contributed by atoms with Crippen molar-refractivity contribution in [3.63, 3.8) is 0 Å². The summed E-state index contributed by atoms with van der Waals surface area (Å²) in [6, 6.07) is 0.592. The molecule has 0 unspecified atom stereocenters. The van der Waals surface area contributed by atoms with Crippen molar-refractivity contribution in [3.05, 3.63) is 0 Å². The highest BCUT2D eigenvalue weighted by Crippen LogP contribution is 2.25. The van der Waals surface area contributed by atoms with Crippen LogP contribution in [0, 0.1) is 0 Å². The zero-order valence-electron chi connectivity index (χ0n) is 10.8. The predicted molar refractivity (Wildman–Crippen MR) is 65.0 cm³/mol. The molecule has 90 valence electrons. The molecule has 0 bridgehead atoms. The topological polar surface area (TPSA) is 32.3 Å². The molecule has 1 rings (SSSR count). The quantitative estimate of drug-likeness (QED) is 0.707. The van der Waals surface area contributed by atoms with Crippen molar-refractivity contribution < 1.29 is 5.11 Å². The largest absolute Gasteiger partial charge is 0.389 e. The zero-order valence-corrected chi connectivity index (χ0v) is 10.8. The molecule has 0 saturated heterocycles. The molecule has 15 heavy (non-hydrogen) atoms. The summed E-state index contributed by atoms with van der Waals surface area (Å²) < 4.78 is 0. The Hall–Kier alpha value is -0.0800. The molecule has 0 radical (unpaired) electrons. The maximum absolute atomic E-state index is 10.1. The normalized spacial score (nSPS) is 21.4. The molecule has 0 aliphatic heterocycles. The van der Waals surface area contributed by atoms with Gasteiger partial charge in [0, 0.05) is 11.6 Å². The van der Waals surface area contributed by atoms with Gasteiger partial charge in [0.1, 0.15) is 0 Å². The van der Waals surface area contributed by atoms with Crippen LogP contribution in [0.3, 0.4) is 0 Å². The molecule has 0 aromatic rings. The summed E-state index contributed by atoms with van der Waals surface area (Å²) in [4.78, 5) is 0. The third-order valence-corrected chi connectivity index (χ3v) is 3.95. The van der Waals surface area contributed by atoms with Crippen molar-refractivity contribution in [1.29, 1.82) is 0 Å². The Labute approximate surface area is 94.5 Å². The Bertz CT molecular complexity index is 185. The fraction of sp³-hybridized carbons (Fsp3) is 1.00. The molecule has 1 aliphatic carbocycles. The number of hydrogen-bond acceptors (Lipinski definition) is 2. The van der Waals surface area contributed by atoms with Gasteiger partial charge in [-0.3, -0.25) is 0 Å². The van der Waals surface area contributed by atoms with Gasteiger partial charge < -0.3 is 10.4 Å². The average molecular weight is 213 g/mol. The molecule has 0 spiro atoms. The molecule has 0 amide bonds. The fourth-order valence-electron chi connectivity index (χ4n) is 2.11. The zero-order chi connectivity index (χ0) is 11.5. The van der Waals surface area contributed by atoms with Crippen LogP contribution in [-0.2, 0) is 0 Å². The molecule has 0 atom stereocenters. The van der Waals surface area contributed by atoms with Gasteiger partial charge in [0.2, 0.25) is 0 Å². The lowest BCUT2D eigenvalue weighted by atomic mass is 9.84. The molecule has 1 saturated carbocycles. The van der Waals surface area contributed by atoms with E-state index in [-0.39, 0.29) is 5.54 Å². The van der Waals surface area contributed by atoms with Gasteiger partial charge in [-0.25, -0.2) is 0 Å². The van der Waals surface area contributed by atoms with Crippen LogP contribution >= 0.6 is 0 Å². The van der Waals surface area contributed by atoms with E-state index in [2.05, 4.69) is 19.2 Å². The first-order valence-electron chi connectivity index (χ1n) is 6.33. The van der Waals surface area contributed by atoms with E-state index in [1.807, 2.05) is 13.8 Å². The second-order valence-electron chi connectivity index (χ2n) is 6.02. The van der Waals surface area contributed by atoms with Crippen molar-refractivity contribution >= 4 is 0 Å². The monoisotopic (exact) mass is 213 g/mol. The van der Waals surface area contributed by atoms with E-state index >= 15 is 0 Å². The van der Waals surface area contributed by atoms with Crippen molar-refractivity contribution in [1.82, 2.24) is 5.32 Å². The highest BCUT2D eigenvalue weighted by atomic mass is 16.3. The lowest BCUT2D eigenvalue weighted by Crippen LogP contribution is -2.58. The van der Waals surface area contributed by atoms with Gasteiger partial charge in [0.25, 0.3) is 0 Å². The molecule has 1 fully saturated rings. The van der Waals surface area contributed by atoms with Crippen LogP contribution in [0.2, 0.25) is 0 Å². The van der Waals surface area contributed by atoms with Gasteiger partial charge in [-0.1, -0.05) is 25.7 Å². The van der Waals surface area contributed by atoms with Crippen LogP contribution in [-0.4, -0.2) is 22.3 Å². The molecule has 1 aliphatic rings. The van der Waals surface area contributed by atoms with Crippen LogP contribution in [0.25, 0.3) is 0 Å². The third kappa shape index (κ3) is 3.76. The van der Waals surface area contributed by atoms with Gasteiger partial charge in [-0.15, -0.1) is 0 Å². The van der Waals surface area contributed by atoms with Crippen molar-refractivity contribution in [2.45, 2.75) is 83.4 Å². The predicted octanol–water partition coefficient (Wildman–Crippen LogP) is 2.85. The van der Waals surface area contributed by atoms with Gasteiger partial charge in [-0.05, 0) is 40.5 Å². The minimum atomic E-state index is -0.667. The van der Waals surface area contributed by atoms with E-state index in [9.17, 15) is 5.11 Å². The number of nitrogens with one attached hydrogen (secondary N) is 1. The highest BCUT2D eigenvalue weighted by Gasteiger charge is 2.36. The molecule has 2 heteroatoms. The Morgan fingerprint density at radius 2 is 1.40 bits per heavy atom. The van der Waals surface area contributed by atoms with E-state index in [1.54, 1.807) is 0 Å². The average Bonchev–Trinajstić information content (AvgIpc) is 2.30. The fourth-order valence-corrected chi connectivity index (χ4v) is 2.11. The summed E-state index contributed by atoms with van der Waals surface area (Å²) in [7, 11) is 0. The Balaban J connectivity index is 2.51. The summed E-state index contributed by atoms with van der Waals surface area (Å²) in [6.45, 7) is 7.96. The Morgan fingerprint density at radius 3 is 1.80 bits per heavy atom. The van der Waals surface area contributed by atoms with Crippen molar-refractivity contribution in [3.8, 4) is 0 Å². The van der Waals surface area contributed by atoms with Crippen LogP contribution in [0.15, 0.2) is 0 Å². The van der Waals surface area contributed by atoms with E-state index < -0.39 is 5.60 Å². The lowest BCUT2D eigenvalue weighted by molar-refractivity contribution is -0.0109. The number of hydrogen-bond donors (Lipinski definition) is 2. The van der Waals surface area contributed by atoms with E-state index in [4.69, 9.17) is 0 Å². The second-order valence-corrected chi connectivity index (χ2v) is 6.02. The molecule has 0 aromatic heterocycles. The molecular weight excluding hydrogens is 186 g/mol. The second kappa shape index (κ2) is 4.84. The first kappa shape index (κ1) is 13.0. The van der Waals surface area contributed by atoms with Crippen LogP contribution < -0.4 is 5.32 Å². The van der Waals surface area contributed by atoms with Gasteiger partial charge in [0.15, 0.2) is 0 Å². The smallest absolute Gasteiger partial charge is 0.0767 e. The summed E-state index contributed by atoms with van der Waals surface area (Å²) in [5.41, 5.74) is -0.874. The molecule has 0 heterocycles. The van der Waals surface area contributed by atoms with Crippen LogP contribution in [0.1, 0.15) is 66.2 Å². The standard InChI is InChI=1S/C13H27NO/c1-12(2,13(3,4)15)14-11-9-7-5-6-8-10-11/h11,14-15H,5-10H2,1-4H3. The SMILES string of the molecule is CC(C)(O)C(C)(C)NC1CCCCCC1. The number of rotatable bonds is 3. The maximum Gasteiger partial charge on any atom is 0.0767 e. The molecular formula is C13H27NO. The van der Waals surface area contributed by atoms with Gasteiger partial charge >= 0.3 is 0 Å². The van der Waals surface area contributed by atoms with Crippen LogP contribution in [0.5, 0.6) is 0 Å². The van der Waals surface area contributed by atoms with E-state index in [0.717, 1.165) is 0 Å². The van der Waals surface area contributed by atoms with E-state index in [1.165, 1.54) is 38.5 Å². The highest BCUT2D eigenvalue weighted by molar-refractivity contribution is 4.95. The lowest BCUT2D eigenvalue weighted by Gasteiger charge is -2.41. The minimum Gasteiger partial charge on any atom is -0.389 e. The summed E-state index contributed by atoms with van der Waals surface area (Å²) >= 11 is 0. The molecule has 0 aromatic carbocycles. The maximum atomic E-state index is 10.1. The molecule has 2 nitrogen and oxygen atoms in total. The summed E-state index contributed by atoms with van der Waals surface area (Å²) in [5.74, 6) is 0. The molecule has 2 N–H and O–H groups in total. The van der Waals surface area contributed by atoms with Crippen LogP contribution in [0.4, 0.5) is 0 Å². The third-order valence-electron chi connectivity index (χ3n) is 3.95. The summed E-state index contributed by atoms with van der Waals surface area (Å²) in [6.07, 6.45) is 7.94. The van der Waals surface area contributed by atoms with Crippen molar-refractivity contribution in [2.24, 2.45) is 0 Å².